The Kier molecular flexibility index (Phi) is 4.00. The number of methoxy groups -OCH3 is 1. The second-order valence-electron chi connectivity index (χ2n) is 2.86. The van der Waals surface area contributed by atoms with Crippen molar-refractivity contribution in [2.45, 2.75) is 6.18 Å². The van der Waals surface area contributed by atoms with Crippen molar-refractivity contribution >= 4 is 23.3 Å². The summed E-state index contributed by atoms with van der Waals surface area (Å²) in [6.45, 7) is 0. The second kappa shape index (κ2) is 5.09. The van der Waals surface area contributed by atoms with Gasteiger partial charge in [0.2, 0.25) is 0 Å². The highest BCUT2D eigenvalue weighted by Crippen LogP contribution is 2.31. The number of rotatable bonds is 1. The van der Waals surface area contributed by atoms with Gasteiger partial charge in [-0.15, -0.1) is 0 Å². The predicted octanol–water partition coefficient (Wildman–Crippen LogP) is 1.76. The SMILES string of the molecule is COC(=S)NC(=O)c1cnccc1C(F)(F)F. The van der Waals surface area contributed by atoms with E-state index in [0.29, 0.717) is 6.07 Å². The molecule has 1 N–H and O–H groups in total. The van der Waals surface area contributed by atoms with Crippen molar-refractivity contribution in [3.05, 3.63) is 29.6 Å². The molecule has 0 aliphatic heterocycles. The van der Waals surface area contributed by atoms with Crippen LogP contribution in [0.1, 0.15) is 15.9 Å². The summed E-state index contributed by atoms with van der Waals surface area (Å²) in [5, 5.41) is 1.68. The Balaban J connectivity index is 3.06. The Morgan fingerprint density at radius 3 is 2.71 bits per heavy atom. The van der Waals surface area contributed by atoms with Gasteiger partial charge in [-0.05, 0) is 18.3 Å². The van der Waals surface area contributed by atoms with E-state index < -0.39 is 23.2 Å². The van der Waals surface area contributed by atoms with Crippen molar-refractivity contribution < 1.29 is 22.7 Å². The highest BCUT2D eigenvalue weighted by Gasteiger charge is 2.35. The number of hydrogen-bond donors (Lipinski definition) is 1. The van der Waals surface area contributed by atoms with E-state index in [1.807, 2.05) is 5.32 Å². The number of thiocarbonyl (C=S) groups is 1. The van der Waals surface area contributed by atoms with Crippen molar-refractivity contribution in [1.82, 2.24) is 10.3 Å². The van der Waals surface area contributed by atoms with Crippen LogP contribution < -0.4 is 5.32 Å². The first kappa shape index (κ1) is 13.4. The number of carbonyl (C=O) groups excluding carboxylic acids is 1. The fourth-order valence-corrected chi connectivity index (χ4v) is 1.13. The van der Waals surface area contributed by atoms with Crippen molar-refractivity contribution in [1.29, 1.82) is 0 Å². The molecule has 17 heavy (non-hydrogen) atoms. The van der Waals surface area contributed by atoms with Crippen LogP contribution in [0.15, 0.2) is 18.5 Å². The average molecular weight is 264 g/mol. The molecular weight excluding hydrogens is 257 g/mol. The quantitative estimate of drug-likeness (QED) is 0.785. The molecule has 1 rings (SSSR count). The molecule has 0 saturated carbocycles. The average Bonchev–Trinajstić information content (AvgIpc) is 2.27. The van der Waals surface area contributed by atoms with E-state index in [9.17, 15) is 18.0 Å². The first-order valence-corrected chi connectivity index (χ1v) is 4.67. The van der Waals surface area contributed by atoms with E-state index in [1.54, 1.807) is 0 Å². The van der Waals surface area contributed by atoms with E-state index in [4.69, 9.17) is 0 Å². The lowest BCUT2D eigenvalue weighted by molar-refractivity contribution is -0.138. The third-order valence-electron chi connectivity index (χ3n) is 1.77. The predicted molar refractivity (Wildman–Crippen MR) is 56.3 cm³/mol. The minimum absolute atomic E-state index is 0.313. The minimum Gasteiger partial charge on any atom is -0.474 e. The van der Waals surface area contributed by atoms with Crippen molar-refractivity contribution in [3.63, 3.8) is 0 Å². The Morgan fingerprint density at radius 2 is 2.18 bits per heavy atom. The van der Waals surface area contributed by atoms with Gasteiger partial charge in [0.15, 0.2) is 0 Å². The Labute approximate surface area is 99.8 Å². The molecule has 1 aromatic heterocycles. The molecule has 1 amide bonds. The van der Waals surface area contributed by atoms with E-state index >= 15 is 0 Å². The molecule has 8 heteroatoms. The molecule has 0 fully saturated rings. The normalized spacial score (nSPS) is 10.8. The number of halogens is 3. The highest BCUT2D eigenvalue weighted by atomic mass is 32.1. The van der Waals surface area contributed by atoms with Crippen LogP contribution in [0.25, 0.3) is 0 Å². The van der Waals surface area contributed by atoms with Crippen molar-refractivity contribution in [3.8, 4) is 0 Å². The molecule has 0 aliphatic carbocycles. The maximum atomic E-state index is 12.6. The number of ether oxygens (including phenoxy) is 1. The summed E-state index contributed by atoms with van der Waals surface area (Å²) in [7, 11) is 1.19. The summed E-state index contributed by atoms with van der Waals surface area (Å²) < 4.78 is 42.1. The number of alkyl halides is 3. The number of amides is 1. The lowest BCUT2D eigenvalue weighted by atomic mass is 10.1. The van der Waals surface area contributed by atoms with E-state index in [-0.39, 0.29) is 5.17 Å². The summed E-state index contributed by atoms with van der Waals surface area (Å²) in [6.07, 6.45) is -2.87. The summed E-state index contributed by atoms with van der Waals surface area (Å²) in [5.74, 6) is -1.02. The van der Waals surface area contributed by atoms with Gasteiger partial charge in [0.05, 0.1) is 18.2 Å². The highest BCUT2D eigenvalue weighted by molar-refractivity contribution is 7.80. The van der Waals surface area contributed by atoms with Gasteiger partial charge in [0.1, 0.15) is 0 Å². The van der Waals surface area contributed by atoms with Gasteiger partial charge in [-0.1, -0.05) is 0 Å². The maximum Gasteiger partial charge on any atom is 0.417 e. The number of nitrogens with one attached hydrogen (secondary N) is 1. The number of carbonyl (C=O) groups is 1. The lowest BCUT2D eigenvalue weighted by Gasteiger charge is -2.11. The number of hydrogen-bond acceptors (Lipinski definition) is 4. The Hall–Kier alpha value is -1.70. The Morgan fingerprint density at radius 1 is 1.53 bits per heavy atom. The van der Waals surface area contributed by atoms with E-state index in [2.05, 4.69) is 21.9 Å². The number of nitrogens with zero attached hydrogens (tertiary/aromatic N) is 1. The van der Waals surface area contributed by atoms with Crippen LogP contribution in [0.5, 0.6) is 0 Å². The molecule has 1 heterocycles. The van der Waals surface area contributed by atoms with Crippen LogP contribution in [-0.2, 0) is 10.9 Å². The van der Waals surface area contributed by atoms with Crippen LogP contribution >= 0.6 is 12.2 Å². The zero-order chi connectivity index (χ0) is 13.1. The van der Waals surface area contributed by atoms with Crippen molar-refractivity contribution in [2.24, 2.45) is 0 Å². The van der Waals surface area contributed by atoms with Crippen LogP contribution in [0.3, 0.4) is 0 Å². The molecule has 0 bridgehead atoms. The fourth-order valence-electron chi connectivity index (χ4n) is 1.03. The minimum atomic E-state index is -4.63. The van der Waals surface area contributed by atoms with Gasteiger partial charge < -0.3 is 4.74 Å². The van der Waals surface area contributed by atoms with Gasteiger partial charge in [-0.2, -0.15) is 13.2 Å². The molecule has 92 valence electrons. The molecule has 0 unspecified atom stereocenters. The molecule has 0 aliphatic rings. The topological polar surface area (TPSA) is 51.2 Å². The number of pyridine rings is 1. The maximum absolute atomic E-state index is 12.6. The standard InChI is InChI=1S/C9H7F3N2O2S/c1-16-8(17)14-7(15)5-4-13-3-2-6(5)9(10,11)12/h2-4H,1H3,(H,14,15,17). The third kappa shape index (κ3) is 3.38. The van der Waals surface area contributed by atoms with Gasteiger partial charge in [-0.3, -0.25) is 15.1 Å². The lowest BCUT2D eigenvalue weighted by Crippen LogP contribution is -2.31. The third-order valence-corrected chi connectivity index (χ3v) is 2.04. The van der Waals surface area contributed by atoms with Crippen molar-refractivity contribution in [2.75, 3.05) is 7.11 Å². The monoisotopic (exact) mass is 264 g/mol. The summed E-state index contributed by atoms with van der Waals surface area (Å²) in [4.78, 5) is 14.9. The van der Waals surface area contributed by atoms with Gasteiger partial charge >= 0.3 is 6.18 Å². The largest absolute Gasteiger partial charge is 0.474 e. The van der Waals surface area contributed by atoms with Gasteiger partial charge in [-0.25, -0.2) is 0 Å². The number of aromatic nitrogens is 1. The van der Waals surface area contributed by atoms with E-state index in [0.717, 1.165) is 12.4 Å². The Bertz CT molecular complexity index is 448. The first-order chi connectivity index (χ1) is 7.86. The molecule has 0 saturated heterocycles. The molecule has 0 aromatic carbocycles. The zero-order valence-corrected chi connectivity index (χ0v) is 9.35. The van der Waals surface area contributed by atoms with Crippen LogP contribution in [0.4, 0.5) is 13.2 Å². The van der Waals surface area contributed by atoms with Gasteiger partial charge in [0.25, 0.3) is 11.1 Å². The first-order valence-electron chi connectivity index (χ1n) is 4.26. The summed E-state index contributed by atoms with van der Waals surface area (Å²) in [5.41, 5.74) is -1.69. The van der Waals surface area contributed by atoms with Crippen LogP contribution in [-0.4, -0.2) is 23.2 Å². The fraction of sp³-hybridized carbons (Fsp3) is 0.222. The molecule has 4 nitrogen and oxygen atoms in total. The second-order valence-corrected chi connectivity index (χ2v) is 3.24. The smallest absolute Gasteiger partial charge is 0.417 e. The van der Waals surface area contributed by atoms with E-state index in [1.165, 1.54) is 7.11 Å². The van der Waals surface area contributed by atoms with Gasteiger partial charge in [0, 0.05) is 12.4 Å². The summed E-state index contributed by atoms with van der Waals surface area (Å²) >= 11 is 4.51. The van der Waals surface area contributed by atoms with Crippen LogP contribution in [0, 0.1) is 0 Å². The molecular formula is C9H7F3N2O2S. The summed E-state index contributed by atoms with van der Waals surface area (Å²) in [6, 6.07) is 0.713. The molecule has 0 atom stereocenters. The van der Waals surface area contributed by atoms with Crippen LogP contribution in [0.2, 0.25) is 0 Å². The molecule has 0 radical (unpaired) electrons. The zero-order valence-electron chi connectivity index (χ0n) is 8.54. The molecule has 1 aromatic rings. The molecule has 0 spiro atoms.